The molecule has 0 aliphatic carbocycles. The predicted octanol–water partition coefficient (Wildman–Crippen LogP) is 3.27. The van der Waals surface area contributed by atoms with E-state index >= 15 is 0 Å². The van der Waals surface area contributed by atoms with Gasteiger partial charge in [0.25, 0.3) is 0 Å². The van der Waals surface area contributed by atoms with Crippen molar-refractivity contribution in [3.8, 4) is 5.75 Å². The quantitative estimate of drug-likeness (QED) is 0.765. The maximum absolute atomic E-state index is 5.43. The first-order valence-corrected chi connectivity index (χ1v) is 5.48. The molecule has 0 aliphatic rings. The molecule has 1 aromatic carbocycles. The van der Waals surface area contributed by atoms with Gasteiger partial charge >= 0.3 is 0 Å². The Balaban J connectivity index is 2.68. The smallest absolute Gasteiger partial charge is 0.146 e. The number of pyridine rings is 1. The third kappa shape index (κ3) is 1.60. The Morgan fingerprint density at radius 1 is 1.29 bits per heavy atom. The number of aromatic nitrogens is 1. The average Bonchev–Trinajstić information content (AvgIpc) is 2.23. The van der Waals surface area contributed by atoms with E-state index in [1.165, 1.54) is 0 Å². The van der Waals surface area contributed by atoms with E-state index in [0.29, 0.717) is 5.52 Å². The number of hydrogen-bond donors (Lipinski definition) is 0. The minimum atomic E-state index is 0.488. The van der Waals surface area contributed by atoms with Gasteiger partial charge in [-0.15, -0.1) is 0 Å². The summed E-state index contributed by atoms with van der Waals surface area (Å²) in [6.07, 6.45) is 1.76. The molecule has 3 heteroatoms. The minimum absolute atomic E-state index is 0.488. The normalized spacial score (nSPS) is 10.4. The summed E-state index contributed by atoms with van der Waals surface area (Å²) in [5.74, 6) is 0.822. The van der Waals surface area contributed by atoms with Crippen molar-refractivity contribution in [2.24, 2.45) is 0 Å². The highest BCUT2D eigenvalue weighted by molar-refractivity contribution is 9.09. The Labute approximate surface area is 91.0 Å². The number of ether oxygens (including phenoxy) is 1. The molecule has 0 saturated heterocycles. The zero-order valence-corrected chi connectivity index (χ0v) is 9.41. The van der Waals surface area contributed by atoms with Gasteiger partial charge in [-0.25, -0.2) is 0 Å². The molecular formula is C11H10BrNO. The first-order chi connectivity index (χ1) is 6.83. The second kappa shape index (κ2) is 3.96. The minimum Gasteiger partial charge on any atom is -0.480 e. The SMILES string of the molecule is Cc1ncc(OCBr)c2ccccc12. The molecule has 14 heavy (non-hydrogen) atoms. The largest absolute Gasteiger partial charge is 0.480 e. The standard InChI is InChI=1S/C11H10BrNO/c1-8-9-4-2-3-5-10(9)11(6-13-8)14-7-12/h2-6H,7H2,1H3. The highest BCUT2D eigenvalue weighted by atomic mass is 79.9. The van der Waals surface area contributed by atoms with Crippen molar-refractivity contribution >= 4 is 26.7 Å². The Morgan fingerprint density at radius 3 is 2.71 bits per heavy atom. The molecular weight excluding hydrogens is 242 g/mol. The fourth-order valence-electron chi connectivity index (χ4n) is 1.48. The van der Waals surface area contributed by atoms with Gasteiger partial charge in [0.2, 0.25) is 0 Å². The van der Waals surface area contributed by atoms with Gasteiger partial charge in [-0.2, -0.15) is 0 Å². The summed E-state index contributed by atoms with van der Waals surface area (Å²) >= 11 is 3.24. The third-order valence-electron chi connectivity index (χ3n) is 2.17. The number of nitrogens with zero attached hydrogens (tertiary/aromatic N) is 1. The van der Waals surface area contributed by atoms with Crippen molar-refractivity contribution in [1.29, 1.82) is 0 Å². The van der Waals surface area contributed by atoms with Crippen LogP contribution < -0.4 is 4.74 Å². The first-order valence-electron chi connectivity index (χ1n) is 4.36. The summed E-state index contributed by atoms with van der Waals surface area (Å²) in [7, 11) is 0. The highest BCUT2D eigenvalue weighted by Crippen LogP contribution is 2.26. The fourth-order valence-corrected chi connectivity index (χ4v) is 1.73. The third-order valence-corrected chi connectivity index (χ3v) is 2.40. The van der Waals surface area contributed by atoms with Crippen LogP contribution in [0.5, 0.6) is 5.75 Å². The van der Waals surface area contributed by atoms with Crippen molar-refractivity contribution in [2.75, 3.05) is 5.52 Å². The zero-order chi connectivity index (χ0) is 9.97. The van der Waals surface area contributed by atoms with E-state index in [0.717, 1.165) is 22.2 Å². The lowest BCUT2D eigenvalue weighted by atomic mass is 10.1. The van der Waals surface area contributed by atoms with Gasteiger partial charge in [-0.1, -0.05) is 24.3 Å². The van der Waals surface area contributed by atoms with Crippen LogP contribution in [-0.4, -0.2) is 10.5 Å². The summed E-state index contributed by atoms with van der Waals surface area (Å²) in [5, 5.41) is 2.26. The van der Waals surface area contributed by atoms with Crippen LogP contribution in [0.1, 0.15) is 5.69 Å². The van der Waals surface area contributed by atoms with Gasteiger partial charge in [0, 0.05) is 16.5 Å². The number of alkyl halides is 1. The topological polar surface area (TPSA) is 22.1 Å². The number of hydrogen-bond acceptors (Lipinski definition) is 2. The molecule has 0 spiro atoms. The van der Waals surface area contributed by atoms with Crippen LogP contribution in [-0.2, 0) is 0 Å². The summed E-state index contributed by atoms with van der Waals surface area (Å²) in [4.78, 5) is 4.28. The van der Waals surface area contributed by atoms with Gasteiger partial charge in [0.05, 0.1) is 6.20 Å². The Bertz CT molecular complexity index is 456. The fraction of sp³-hybridized carbons (Fsp3) is 0.182. The van der Waals surface area contributed by atoms with Gasteiger partial charge in [-0.3, -0.25) is 4.98 Å². The van der Waals surface area contributed by atoms with Gasteiger partial charge in [0.15, 0.2) is 0 Å². The molecule has 0 atom stereocenters. The molecule has 0 fully saturated rings. The van der Waals surface area contributed by atoms with Crippen molar-refractivity contribution in [3.05, 3.63) is 36.2 Å². The van der Waals surface area contributed by atoms with Crippen LogP contribution in [0, 0.1) is 6.92 Å². The van der Waals surface area contributed by atoms with E-state index in [1.807, 2.05) is 25.1 Å². The lowest BCUT2D eigenvalue weighted by Gasteiger charge is -2.07. The second-order valence-electron chi connectivity index (χ2n) is 3.01. The molecule has 2 nitrogen and oxygen atoms in total. The molecule has 1 heterocycles. The Kier molecular flexibility index (Phi) is 2.68. The molecule has 1 aromatic heterocycles. The van der Waals surface area contributed by atoms with Crippen molar-refractivity contribution in [3.63, 3.8) is 0 Å². The van der Waals surface area contributed by atoms with E-state index in [-0.39, 0.29) is 0 Å². The molecule has 0 bridgehead atoms. The molecule has 2 aromatic rings. The molecule has 0 aliphatic heterocycles. The number of aryl methyl sites for hydroxylation is 1. The van der Waals surface area contributed by atoms with Crippen LogP contribution in [0.2, 0.25) is 0 Å². The lowest BCUT2D eigenvalue weighted by Crippen LogP contribution is -1.92. The first kappa shape index (κ1) is 9.46. The Hall–Kier alpha value is -1.09. The molecule has 0 radical (unpaired) electrons. The van der Waals surface area contributed by atoms with E-state index in [2.05, 4.69) is 27.0 Å². The predicted molar refractivity (Wildman–Crippen MR) is 60.9 cm³/mol. The van der Waals surface area contributed by atoms with E-state index < -0.39 is 0 Å². The summed E-state index contributed by atoms with van der Waals surface area (Å²) < 4.78 is 5.43. The number of benzene rings is 1. The van der Waals surface area contributed by atoms with E-state index in [9.17, 15) is 0 Å². The number of rotatable bonds is 2. The van der Waals surface area contributed by atoms with Crippen molar-refractivity contribution in [2.45, 2.75) is 6.92 Å². The number of halogens is 1. The van der Waals surface area contributed by atoms with E-state index in [1.54, 1.807) is 6.20 Å². The van der Waals surface area contributed by atoms with Crippen LogP contribution >= 0.6 is 15.9 Å². The summed E-state index contributed by atoms with van der Waals surface area (Å²) in [5.41, 5.74) is 1.52. The second-order valence-corrected chi connectivity index (χ2v) is 3.46. The Morgan fingerprint density at radius 2 is 2.00 bits per heavy atom. The van der Waals surface area contributed by atoms with Crippen LogP contribution in [0.3, 0.4) is 0 Å². The lowest BCUT2D eigenvalue weighted by molar-refractivity contribution is 0.401. The maximum atomic E-state index is 5.43. The summed E-state index contributed by atoms with van der Waals surface area (Å²) in [6, 6.07) is 8.11. The zero-order valence-electron chi connectivity index (χ0n) is 7.83. The van der Waals surface area contributed by atoms with Crippen LogP contribution in [0.4, 0.5) is 0 Å². The van der Waals surface area contributed by atoms with Crippen LogP contribution in [0.25, 0.3) is 10.8 Å². The maximum Gasteiger partial charge on any atom is 0.146 e. The molecule has 0 N–H and O–H groups in total. The summed E-state index contributed by atoms with van der Waals surface area (Å²) in [6.45, 7) is 2.00. The van der Waals surface area contributed by atoms with Crippen LogP contribution in [0.15, 0.2) is 30.5 Å². The van der Waals surface area contributed by atoms with Gasteiger partial charge < -0.3 is 4.74 Å². The van der Waals surface area contributed by atoms with Crippen molar-refractivity contribution in [1.82, 2.24) is 4.98 Å². The molecule has 72 valence electrons. The monoisotopic (exact) mass is 251 g/mol. The average molecular weight is 252 g/mol. The molecule has 0 amide bonds. The number of fused-ring (bicyclic) bond motifs is 1. The van der Waals surface area contributed by atoms with Gasteiger partial charge in [-0.05, 0) is 22.9 Å². The molecule has 0 unspecified atom stereocenters. The van der Waals surface area contributed by atoms with E-state index in [4.69, 9.17) is 4.74 Å². The van der Waals surface area contributed by atoms with Gasteiger partial charge in [0.1, 0.15) is 11.3 Å². The molecule has 0 saturated carbocycles. The highest BCUT2D eigenvalue weighted by Gasteiger charge is 2.03. The van der Waals surface area contributed by atoms with Crippen molar-refractivity contribution < 1.29 is 4.74 Å². The molecule has 2 rings (SSSR count).